The average Bonchev–Trinajstić information content (AvgIpc) is 2.90. The predicted octanol–water partition coefficient (Wildman–Crippen LogP) is 2.48. The molecule has 2 aromatic heterocycles. The summed E-state index contributed by atoms with van der Waals surface area (Å²) in [5.74, 6) is 0. The van der Waals surface area contributed by atoms with E-state index < -0.39 is 0 Å². The van der Waals surface area contributed by atoms with Crippen molar-refractivity contribution in [2.45, 2.75) is 44.4 Å². The Labute approximate surface area is 119 Å². The maximum absolute atomic E-state index is 5.94. The Morgan fingerprint density at radius 2 is 2.20 bits per heavy atom. The summed E-state index contributed by atoms with van der Waals surface area (Å²) < 4.78 is 8.05. The van der Waals surface area contributed by atoms with E-state index in [1.54, 1.807) is 0 Å². The quantitative estimate of drug-likeness (QED) is 0.840. The molecule has 2 fully saturated rings. The lowest BCUT2D eigenvalue weighted by molar-refractivity contribution is -0.0914. The summed E-state index contributed by atoms with van der Waals surface area (Å²) in [7, 11) is 0. The zero-order chi connectivity index (χ0) is 13.4. The number of fused-ring (bicyclic) bond motifs is 2. The molecule has 0 amide bonds. The fraction of sp³-hybridized carbons (Fsp3) is 0.562. The number of rotatable bonds is 2. The molecular formula is C16H21N3O. The van der Waals surface area contributed by atoms with Crippen LogP contribution in [0.5, 0.6) is 0 Å². The lowest BCUT2D eigenvalue weighted by Gasteiger charge is -2.43. The molecule has 2 atom stereocenters. The third-order valence-electron chi connectivity index (χ3n) is 4.63. The van der Waals surface area contributed by atoms with Crippen LogP contribution in [0.3, 0.4) is 0 Å². The molecular weight excluding hydrogens is 250 g/mol. The van der Waals surface area contributed by atoms with E-state index in [1.807, 2.05) is 12.1 Å². The van der Waals surface area contributed by atoms with E-state index >= 15 is 0 Å². The van der Waals surface area contributed by atoms with Crippen LogP contribution in [0, 0.1) is 0 Å². The molecule has 4 rings (SSSR count). The van der Waals surface area contributed by atoms with Crippen LogP contribution in [0.25, 0.3) is 5.65 Å². The van der Waals surface area contributed by atoms with Gasteiger partial charge < -0.3 is 9.14 Å². The fourth-order valence-corrected chi connectivity index (χ4v) is 3.64. The Morgan fingerprint density at radius 3 is 3.15 bits per heavy atom. The second-order valence-electron chi connectivity index (χ2n) is 5.93. The van der Waals surface area contributed by atoms with Crippen LogP contribution in [0.4, 0.5) is 0 Å². The monoisotopic (exact) mass is 271 g/mol. The number of ether oxygens (including phenoxy) is 1. The summed E-state index contributed by atoms with van der Waals surface area (Å²) in [5, 5.41) is 0. The molecule has 0 radical (unpaired) electrons. The number of hydrogen-bond donors (Lipinski definition) is 0. The molecule has 1 saturated heterocycles. The molecule has 3 heterocycles. The van der Waals surface area contributed by atoms with Crippen molar-refractivity contribution in [2.24, 2.45) is 0 Å². The number of pyridine rings is 1. The van der Waals surface area contributed by atoms with Gasteiger partial charge in [0.2, 0.25) is 0 Å². The molecule has 4 heteroatoms. The van der Waals surface area contributed by atoms with Crippen molar-refractivity contribution >= 4 is 5.65 Å². The van der Waals surface area contributed by atoms with Gasteiger partial charge in [-0.2, -0.15) is 0 Å². The van der Waals surface area contributed by atoms with E-state index in [2.05, 4.69) is 27.8 Å². The first-order chi connectivity index (χ1) is 9.90. The lowest BCUT2D eigenvalue weighted by Crippen LogP contribution is -2.52. The first-order valence-electron chi connectivity index (χ1n) is 7.68. The van der Waals surface area contributed by atoms with E-state index in [4.69, 9.17) is 9.72 Å². The minimum absolute atomic E-state index is 0.453. The van der Waals surface area contributed by atoms with Gasteiger partial charge in [0.1, 0.15) is 5.65 Å². The summed E-state index contributed by atoms with van der Waals surface area (Å²) in [6.07, 6.45) is 9.84. The van der Waals surface area contributed by atoms with Crippen LogP contribution >= 0.6 is 0 Å². The SMILES string of the molecule is c1ccn2cc(CN3CCO[C@H]4CCCC[C@H]43)nc2c1. The van der Waals surface area contributed by atoms with Crippen molar-refractivity contribution < 1.29 is 4.74 Å². The Bertz CT molecular complexity index is 559. The predicted molar refractivity (Wildman–Crippen MR) is 77.6 cm³/mol. The summed E-state index contributed by atoms with van der Waals surface area (Å²) >= 11 is 0. The maximum atomic E-state index is 5.94. The average molecular weight is 271 g/mol. The molecule has 1 aliphatic heterocycles. The first-order valence-corrected chi connectivity index (χ1v) is 7.68. The summed E-state index contributed by atoms with van der Waals surface area (Å²) in [4.78, 5) is 7.30. The Balaban J connectivity index is 1.54. The molecule has 106 valence electrons. The van der Waals surface area contributed by atoms with Gasteiger partial charge in [-0.05, 0) is 25.0 Å². The fourth-order valence-electron chi connectivity index (χ4n) is 3.64. The van der Waals surface area contributed by atoms with Crippen LogP contribution in [0.1, 0.15) is 31.4 Å². The van der Waals surface area contributed by atoms with Crippen LogP contribution in [-0.4, -0.2) is 39.6 Å². The van der Waals surface area contributed by atoms with E-state index in [0.29, 0.717) is 12.1 Å². The van der Waals surface area contributed by atoms with Gasteiger partial charge >= 0.3 is 0 Å². The highest BCUT2D eigenvalue weighted by molar-refractivity contribution is 5.39. The molecule has 20 heavy (non-hydrogen) atoms. The van der Waals surface area contributed by atoms with E-state index in [0.717, 1.165) is 25.3 Å². The van der Waals surface area contributed by atoms with Gasteiger partial charge in [-0.15, -0.1) is 0 Å². The smallest absolute Gasteiger partial charge is 0.137 e. The van der Waals surface area contributed by atoms with Gasteiger partial charge in [0.15, 0.2) is 0 Å². The molecule has 0 N–H and O–H groups in total. The van der Waals surface area contributed by atoms with Crippen molar-refractivity contribution in [3.63, 3.8) is 0 Å². The van der Waals surface area contributed by atoms with Crippen molar-refractivity contribution in [3.8, 4) is 0 Å². The van der Waals surface area contributed by atoms with Crippen molar-refractivity contribution in [1.29, 1.82) is 0 Å². The number of hydrogen-bond acceptors (Lipinski definition) is 3. The first kappa shape index (κ1) is 12.4. The van der Waals surface area contributed by atoms with Gasteiger partial charge in [0.25, 0.3) is 0 Å². The number of morpholine rings is 1. The highest BCUT2D eigenvalue weighted by Gasteiger charge is 2.34. The Kier molecular flexibility index (Phi) is 3.20. The number of imidazole rings is 1. The lowest BCUT2D eigenvalue weighted by atomic mass is 9.90. The summed E-state index contributed by atoms with van der Waals surface area (Å²) in [5.41, 5.74) is 2.21. The molecule has 0 aromatic carbocycles. The second kappa shape index (κ2) is 5.19. The largest absolute Gasteiger partial charge is 0.375 e. The molecule has 4 nitrogen and oxygen atoms in total. The van der Waals surface area contributed by atoms with Gasteiger partial charge in [0.05, 0.1) is 18.4 Å². The minimum Gasteiger partial charge on any atom is -0.375 e. The topological polar surface area (TPSA) is 29.8 Å². The number of nitrogens with zero attached hydrogens (tertiary/aromatic N) is 3. The van der Waals surface area contributed by atoms with Gasteiger partial charge in [0, 0.05) is 31.5 Å². The summed E-state index contributed by atoms with van der Waals surface area (Å²) in [6.45, 7) is 2.86. The molecule has 2 aliphatic rings. The van der Waals surface area contributed by atoms with Gasteiger partial charge in [-0.1, -0.05) is 18.9 Å². The van der Waals surface area contributed by atoms with Crippen LogP contribution < -0.4 is 0 Å². The van der Waals surface area contributed by atoms with Crippen LogP contribution in [-0.2, 0) is 11.3 Å². The molecule has 0 unspecified atom stereocenters. The maximum Gasteiger partial charge on any atom is 0.137 e. The third kappa shape index (κ3) is 2.23. The second-order valence-corrected chi connectivity index (χ2v) is 5.93. The normalized spacial score (nSPS) is 27.6. The van der Waals surface area contributed by atoms with Crippen LogP contribution in [0.2, 0.25) is 0 Å². The van der Waals surface area contributed by atoms with Crippen molar-refractivity contribution in [3.05, 3.63) is 36.3 Å². The molecule has 2 aromatic rings. The molecule has 0 spiro atoms. The molecule has 0 bridgehead atoms. The standard InChI is InChI=1S/C16H21N3O/c1-2-6-15-14(5-1)18(9-10-20-15)11-13-12-19-8-4-3-7-16(19)17-13/h3-4,7-8,12,14-15H,1-2,5-6,9-11H2/t14-,15+/m1/s1. The van der Waals surface area contributed by atoms with Gasteiger partial charge in [-0.3, -0.25) is 4.90 Å². The van der Waals surface area contributed by atoms with Gasteiger partial charge in [-0.25, -0.2) is 4.98 Å². The van der Waals surface area contributed by atoms with Crippen LogP contribution in [0.15, 0.2) is 30.6 Å². The highest BCUT2D eigenvalue weighted by Crippen LogP contribution is 2.29. The van der Waals surface area contributed by atoms with Crippen molar-refractivity contribution in [1.82, 2.24) is 14.3 Å². The molecule has 1 aliphatic carbocycles. The van der Waals surface area contributed by atoms with Crippen molar-refractivity contribution in [2.75, 3.05) is 13.2 Å². The minimum atomic E-state index is 0.453. The zero-order valence-electron chi connectivity index (χ0n) is 11.7. The zero-order valence-corrected chi connectivity index (χ0v) is 11.7. The molecule has 1 saturated carbocycles. The van der Waals surface area contributed by atoms with E-state index in [1.165, 1.54) is 31.4 Å². The van der Waals surface area contributed by atoms with E-state index in [9.17, 15) is 0 Å². The Morgan fingerprint density at radius 1 is 1.25 bits per heavy atom. The van der Waals surface area contributed by atoms with E-state index in [-0.39, 0.29) is 0 Å². The number of aromatic nitrogens is 2. The summed E-state index contributed by atoms with van der Waals surface area (Å²) in [6, 6.07) is 6.75. The third-order valence-corrected chi connectivity index (χ3v) is 4.63. The highest BCUT2D eigenvalue weighted by atomic mass is 16.5. The Hall–Kier alpha value is -1.39.